The van der Waals surface area contributed by atoms with Gasteiger partial charge >= 0.3 is 5.97 Å². The van der Waals surface area contributed by atoms with Crippen LogP contribution in [0.1, 0.15) is 45.6 Å². The standard InChI is InChI=1S/C20H21N3O3/c1-4-25-20(24)19-13(3)17-16(26-19)6-5-15-11-23(22-18(15)17)10-14-7-8-21-12(2)9-14/h7-9,11H,4-6,10H2,1-3H3. The lowest BCUT2D eigenvalue weighted by atomic mass is 9.94. The second-order valence-electron chi connectivity index (χ2n) is 6.58. The fourth-order valence-corrected chi connectivity index (χ4v) is 3.53. The van der Waals surface area contributed by atoms with Gasteiger partial charge in [0.05, 0.1) is 18.8 Å². The van der Waals surface area contributed by atoms with E-state index in [2.05, 4.69) is 17.2 Å². The molecule has 3 heterocycles. The van der Waals surface area contributed by atoms with Gasteiger partial charge in [-0.3, -0.25) is 9.67 Å². The lowest BCUT2D eigenvalue weighted by molar-refractivity contribution is 0.0487. The molecule has 0 aliphatic heterocycles. The summed E-state index contributed by atoms with van der Waals surface area (Å²) < 4.78 is 12.9. The highest BCUT2D eigenvalue weighted by Crippen LogP contribution is 2.38. The molecule has 0 fully saturated rings. The zero-order chi connectivity index (χ0) is 18.3. The highest BCUT2D eigenvalue weighted by atomic mass is 16.5. The quantitative estimate of drug-likeness (QED) is 0.673. The molecule has 6 nitrogen and oxygen atoms in total. The Balaban J connectivity index is 1.70. The van der Waals surface area contributed by atoms with E-state index in [-0.39, 0.29) is 0 Å². The molecule has 26 heavy (non-hydrogen) atoms. The molecule has 0 saturated carbocycles. The van der Waals surface area contributed by atoms with E-state index in [1.165, 1.54) is 5.56 Å². The number of carbonyl (C=O) groups excluding carboxylic acids is 1. The van der Waals surface area contributed by atoms with E-state index in [0.29, 0.717) is 18.9 Å². The lowest BCUT2D eigenvalue weighted by Gasteiger charge is -2.09. The van der Waals surface area contributed by atoms with Crippen molar-refractivity contribution in [2.24, 2.45) is 0 Å². The Morgan fingerprint density at radius 1 is 1.35 bits per heavy atom. The summed E-state index contributed by atoms with van der Waals surface area (Å²) in [7, 11) is 0. The van der Waals surface area contributed by atoms with Crippen molar-refractivity contribution in [3.8, 4) is 11.3 Å². The van der Waals surface area contributed by atoms with Gasteiger partial charge in [-0.25, -0.2) is 4.79 Å². The fraction of sp³-hybridized carbons (Fsp3) is 0.350. The first kappa shape index (κ1) is 16.6. The third kappa shape index (κ3) is 2.81. The summed E-state index contributed by atoms with van der Waals surface area (Å²) in [6.07, 6.45) is 5.53. The van der Waals surface area contributed by atoms with E-state index in [1.807, 2.05) is 30.8 Å². The number of pyridine rings is 1. The maximum absolute atomic E-state index is 12.1. The molecule has 0 N–H and O–H groups in total. The molecular formula is C20H21N3O3. The predicted octanol–water partition coefficient (Wildman–Crippen LogP) is 3.48. The number of ether oxygens (including phenoxy) is 1. The van der Waals surface area contributed by atoms with Gasteiger partial charge in [-0.15, -0.1) is 0 Å². The van der Waals surface area contributed by atoms with Gasteiger partial charge in [0.15, 0.2) is 0 Å². The molecule has 0 bridgehead atoms. The second-order valence-corrected chi connectivity index (χ2v) is 6.58. The number of rotatable bonds is 4. The first-order valence-corrected chi connectivity index (χ1v) is 8.84. The Kier molecular flexibility index (Phi) is 4.11. The van der Waals surface area contributed by atoms with Crippen molar-refractivity contribution < 1.29 is 13.9 Å². The van der Waals surface area contributed by atoms with E-state index >= 15 is 0 Å². The first-order valence-electron chi connectivity index (χ1n) is 8.84. The summed E-state index contributed by atoms with van der Waals surface area (Å²) >= 11 is 0. The summed E-state index contributed by atoms with van der Waals surface area (Å²) in [4.78, 5) is 16.4. The van der Waals surface area contributed by atoms with Gasteiger partial charge in [-0.05, 0) is 50.5 Å². The number of aromatic nitrogens is 3. The van der Waals surface area contributed by atoms with Crippen LogP contribution in [0.25, 0.3) is 11.3 Å². The Morgan fingerprint density at radius 3 is 2.96 bits per heavy atom. The first-order chi connectivity index (χ1) is 12.6. The fourth-order valence-electron chi connectivity index (χ4n) is 3.53. The Hall–Kier alpha value is -2.89. The number of nitrogens with zero attached hydrogens (tertiary/aromatic N) is 3. The van der Waals surface area contributed by atoms with Gasteiger partial charge in [0, 0.05) is 35.6 Å². The van der Waals surface area contributed by atoms with Crippen LogP contribution in [-0.4, -0.2) is 27.3 Å². The third-order valence-corrected chi connectivity index (χ3v) is 4.68. The minimum absolute atomic E-state index is 0.295. The van der Waals surface area contributed by atoms with Crippen LogP contribution in [0, 0.1) is 13.8 Å². The average molecular weight is 351 g/mol. The average Bonchev–Trinajstić information content (AvgIpc) is 3.15. The summed E-state index contributed by atoms with van der Waals surface area (Å²) in [5, 5.41) is 4.78. The van der Waals surface area contributed by atoms with E-state index in [4.69, 9.17) is 14.3 Å². The molecule has 134 valence electrons. The molecule has 3 aromatic rings. The van der Waals surface area contributed by atoms with E-state index in [1.54, 1.807) is 6.92 Å². The zero-order valence-corrected chi connectivity index (χ0v) is 15.2. The summed E-state index contributed by atoms with van der Waals surface area (Å²) in [5.41, 5.74) is 6.00. The smallest absolute Gasteiger partial charge is 0.374 e. The van der Waals surface area contributed by atoms with Crippen molar-refractivity contribution in [3.05, 3.63) is 58.4 Å². The SMILES string of the molecule is CCOC(=O)c1oc2c(c1C)-c1nn(Cc3ccnc(C)c3)cc1CC2. The number of hydrogen-bond donors (Lipinski definition) is 0. The number of esters is 1. The number of aryl methyl sites for hydroxylation is 3. The lowest BCUT2D eigenvalue weighted by Crippen LogP contribution is -2.05. The predicted molar refractivity (Wildman–Crippen MR) is 96.1 cm³/mol. The topological polar surface area (TPSA) is 70.2 Å². The molecule has 6 heteroatoms. The van der Waals surface area contributed by atoms with Gasteiger partial charge in [0.2, 0.25) is 5.76 Å². The van der Waals surface area contributed by atoms with Gasteiger partial charge in [0.1, 0.15) is 5.76 Å². The summed E-state index contributed by atoms with van der Waals surface area (Å²) in [5.74, 6) is 0.708. The monoisotopic (exact) mass is 351 g/mol. The van der Waals surface area contributed by atoms with Crippen LogP contribution in [0.2, 0.25) is 0 Å². The molecule has 1 aliphatic rings. The van der Waals surface area contributed by atoms with Gasteiger partial charge in [-0.1, -0.05) is 0 Å². The summed E-state index contributed by atoms with van der Waals surface area (Å²) in [6, 6.07) is 4.06. The van der Waals surface area contributed by atoms with Crippen LogP contribution in [-0.2, 0) is 24.1 Å². The van der Waals surface area contributed by atoms with Crippen molar-refractivity contribution in [1.82, 2.24) is 14.8 Å². The van der Waals surface area contributed by atoms with Crippen molar-refractivity contribution in [2.45, 2.75) is 40.2 Å². The van der Waals surface area contributed by atoms with E-state index in [9.17, 15) is 4.79 Å². The molecule has 0 aromatic carbocycles. The van der Waals surface area contributed by atoms with Crippen molar-refractivity contribution in [2.75, 3.05) is 6.61 Å². The van der Waals surface area contributed by atoms with Crippen LogP contribution in [0.3, 0.4) is 0 Å². The van der Waals surface area contributed by atoms with Crippen LogP contribution in [0.4, 0.5) is 0 Å². The maximum Gasteiger partial charge on any atom is 0.374 e. The normalized spacial score (nSPS) is 12.6. The molecular weight excluding hydrogens is 330 g/mol. The molecule has 0 spiro atoms. The minimum atomic E-state index is -0.410. The number of carbonyl (C=O) groups is 1. The van der Waals surface area contributed by atoms with Crippen LogP contribution >= 0.6 is 0 Å². The highest BCUT2D eigenvalue weighted by Gasteiger charge is 2.30. The highest BCUT2D eigenvalue weighted by molar-refractivity contribution is 5.91. The number of hydrogen-bond acceptors (Lipinski definition) is 5. The maximum atomic E-state index is 12.1. The Bertz CT molecular complexity index is 984. The molecule has 0 unspecified atom stereocenters. The molecule has 4 rings (SSSR count). The molecule has 0 amide bonds. The van der Waals surface area contributed by atoms with E-state index in [0.717, 1.165) is 46.7 Å². The third-order valence-electron chi connectivity index (χ3n) is 4.68. The van der Waals surface area contributed by atoms with Crippen LogP contribution in [0.5, 0.6) is 0 Å². The van der Waals surface area contributed by atoms with Gasteiger partial charge in [0.25, 0.3) is 0 Å². The summed E-state index contributed by atoms with van der Waals surface area (Å²) in [6.45, 7) is 6.68. The van der Waals surface area contributed by atoms with Crippen LogP contribution < -0.4 is 0 Å². The minimum Gasteiger partial charge on any atom is -0.460 e. The Morgan fingerprint density at radius 2 is 2.19 bits per heavy atom. The van der Waals surface area contributed by atoms with Gasteiger partial charge in [-0.2, -0.15) is 5.10 Å². The zero-order valence-electron chi connectivity index (χ0n) is 15.2. The van der Waals surface area contributed by atoms with Crippen LogP contribution in [0.15, 0.2) is 28.9 Å². The molecule has 0 radical (unpaired) electrons. The largest absolute Gasteiger partial charge is 0.460 e. The molecule has 0 atom stereocenters. The molecule has 1 aliphatic carbocycles. The Labute approximate surface area is 151 Å². The molecule has 3 aromatic heterocycles. The van der Waals surface area contributed by atoms with Crippen molar-refractivity contribution in [1.29, 1.82) is 0 Å². The van der Waals surface area contributed by atoms with Gasteiger partial charge < -0.3 is 9.15 Å². The van der Waals surface area contributed by atoms with E-state index < -0.39 is 5.97 Å². The van der Waals surface area contributed by atoms with Crippen molar-refractivity contribution >= 4 is 5.97 Å². The van der Waals surface area contributed by atoms with Crippen molar-refractivity contribution in [3.63, 3.8) is 0 Å². The number of furan rings is 1. The number of fused-ring (bicyclic) bond motifs is 3. The molecule has 0 saturated heterocycles. The second kappa shape index (κ2) is 6.44.